The van der Waals surface area contributed by atoms with E-state index < -0.39 is 0 Å². The SMILES string of the molecule is [C-]#[N+]c1ccc(Cl)cc1CCCC. The normalized spacial score (nSPS) is 9.62. The topological polar surface area (TPSA) is 4.36 Å². The predicted octanol–water partition coefficient (Wildman–Crippen LogP) is 4.23. The first kappa shape index (κ1) is 10.1. The van der Waals surface area contributed by atoms with Gasteiger partial charge < -0.3 is 0 Å². The number of nitrogens with zero attached hydrogens (tertiary/aromatic N) is 1. The average molecular weight is 194 g/mol. The molecule has 0 radical (unpaired) electrons. The highest BCUT2D eigenvalue weighted by Gasteiger charge is 2.01. The van der Waals surface area contributed by atoms with Crippen molar-refractivity contribution < 1.29 is 0 Å². The molecule has 13 heavy (non-hydrogen) atoms. The van der Waals surface area contributed by atoms with E-state index >= 15 is 0 Å². The van der Waals surface area contributed by atoms with Crippen molar-refractivity contribution >= 4 is 17.3 Å². The molecule has 68 valence electrons. The number of rotatable bonds is 3. The lowest BCUT2D eigenvalue weighted by Crippen LogP contribution is -1.84. The van der Waals surface area contributed by atoms with Crippen LogP contribution in [-0.4, -0.2) is 0 Å². The van der Waals surface area contributed by atoms with Crippen LogP contribution in [0.1, 0.15) is 25.3 Å². The van der Waals surface area contributed by atoms with Gasteiger partial charge in [-0.2, -0.15) is 0 Å². The minimum Gasteiger partial charge on any atom is -0.238 e. The Bertz CT molecular complexity index is 325. The second-order valence-electron chi connectivity index (χ2n) is 2.99. The highest BCUT2D eigenvalue weighted by molar-refractivity contribution is 6.30. The zero-order valence-electron chi connectivity index (χ0n) is 7.68. The monoisotopic (exact) mass is 193 g/mol. The Kier molecular flexibility index (Phi) is 3.79. The molecule has 1 aromatic carbocycles. The fourth-order valence-electron chi connectivity index (χ4n) is 1.23. The zero-order valence-corrected chi connectivity index (χ0v) is 8.43. The van der Waals surface area contributed by atoms with Gasteiger partial charge >= 0.3 is 0 Å². The lowest BCUT2D eigenvalue weighted by atomic mass is 10.1. The zero-order chi connectivity index (χ0) is 9.68. The van der Waals surface area contributed by atoms with Gasteiger partial charge in [0.05, 0.1) is 6.57 Å². The summed E-state index contributed by atoms with van der Waals surface area (Å²) in [4.78, 5) is 3.46. The average Bonchev–Trinajstić information content (AvgIpc) is 2.15. The Balaban J connectivity index is 2.89. The lowest BCUT2D eigenvalue weighted by molar-refractivity contribution is 0.797. The van der Waals surface area contributed by atoms with Crippen molar-refractivity contribution in [3.05, 3.63) is 40.2 Å². The summed E-state index contributed by atoms with van der Waals surface area (Å²) in [7, 11) is 0. The summed E-state index contributed by atoms with van der Waals surface area (Å²) in [6, 6.07) is 5.45. The summed E-state index contributed by atoms with van der Waals surface area (Å²) in [6.45, 7) is 9.11. The molecule has 2 heteroatoms. The quantitative estimate of drug-likeness (QED) is 0.633. The van der Waals surface area contributed by atoms with Crippen molar-refractivity contribution in [3.8, 4) is 0 Å². The molecule has 0 saturated carbocycles. The van der Waals surface area contributed by atoms with Crippen LogP contribution >= 0.6 is 11.6 Å². The molecule has 0 saturated heterocycles. The van der Waals surface area contributed by atoms with E-state index in [0.29, 0.717) is 0 Å². The van der Waals surface area contributed by atoms with E-state index in [2.05, 4.69) is 11.8 Å². The molecule has 0 aliphatic heterocycles. The maximum Gasteiger partial charge on any atom is 0.190 e. The maximum atomic E-state index is 6.97. The minimum atomic E-state index is 0.721. The third-order valence-electron chi connectivity index (χ3n) is 1.96. The number of benzene rings is 1. The lowest BCUT2D eigenvalue weighted by Gasteiger charge is -2.02. The first-order valence-electron chi connectivity index (χ1n) is 4.43. The van der Waals surface area contributed by atoms with E-state index in [1.54, 1.807) is 12.1 Å². The Morgan fingerprint density at radius 2 is 2.23 bits per heavy atom. The van der Waals surface area contributed by atoms with Crippen LogP contribution in [0.5, 0.6) is 0 Å². The first-order chi connectivity index (χ1) is 6.27. The molecule has 0 unspecified atom stereocenters. The van der Waals surface area contributed by atoms with Gasteiger partial charge in [-0.15, -0.1) is 0 Å². The van der Waals surface area contributed by atoms with Gasteiger partial charge in [0, 0.05) is 5.02 Å². The van der Waals surface area contributed by atoms with Gasteiger partial charge in [0.25, 0.3) is 0 Å². The van der Waals surface area contributed by atoms with Gasteiger partial charge in [-0.25, -0.2) is 4.85 Å². The van der Waals surface area contributed by atoms with Crippen molar-refractivity contribution in [2.75, 3.05) is 0 Å². The van der Waals surface area contributed by atoms with Crippen LogP contribution in [0.2, 0.25) is 5.02 Å². The van der Waals surface area contributed by atoms with Crippen LogP contribution in [0.25, 0.3) is 4.85 Å². The fourth-order valence-corrected chi connectivity index (χ4v) is 1.43. The Labute approximate surface area is 84.2 Å². The molecule has 0 amide bonds. The van der Waals surface area contributed by atoms with Crippen LogP contribution < -0.4 is 0 Å². The summed E-state index contributed by atoms with van der Waals surface area (Å²) >= 11 is 5.85. The summed E-state index contributed by atoms with van der Waals surface area (Å²) in [5.74, 6) is 0. The van der Waals surface area contributed by atoms with Crippen LogP contribution in [-0.2, 0) is 6.42 Å². The fraction of sp³-hybridized carbons (Fsp3) is 0.364. The molecular formula is C11H12ClN. The molecule has 1 rings (SSSR count). The van der Waals surface area contributed by atoms with Gasteiger partial charge in [-0.1, -0.05) is 49.6 Å². The Morgan fingerprint density at radius 3 is 2.85 bits per heavy atom. The van der Waals surface area contributed by atoms with Gasteiger partial charge in [-0.3, -0.25) is 0 Å². The summed E-state index contributed by atoms with van der Waals surface area (Å²) in [5.41, 5.74) is 1.81. The Morgan fingerprint density at radius 1 is 1.46 bits per heavy atom. The number of aryl methyl sites for hydroxylation is 1. The highest BCUT2D eigenvalue weighted by atomic mass is 35.5. The molecule has 0 fully saturated rings. The highest BCUT2D eigenvalue weighted by Crippen LogP contribution is 2.24. The van der Waals surface area contributed by atoms with Gasteiger partial charge in [0.2, 0.25) is 0 Å². The van der Waals surface area contributed by atoms with Crippen molar-refractivity contribution in [2.24, 2.45) is 0 Å². The standard InChI is InChI=1S/C11H12ClN/c1-3-4-5-9-8-10(12)6-7-11(9)13-2/h6-8H,3-5H2,1H3. The molecular weight excluding hydrogens is 182 g/mol. The van der Waals surface area contributed by atoms with Crippen LogP contribution in [0.15, 0.2) is 18.2 Å². The number of halogens is 1. The molecule has 1 nitrogen and oxygen atoms in total. The summed E-state index contributed by atoms with van der Waals surface area (Å²) in [6.07, 6.45) is 3.21. The predicted molar refractivity (Wildman–Crippen MR) is 56.3 cm³/mol. The largest absolute Gasteiger partial charge is 0.238 e. The first-order valence-corrected chi connectivity index (χ1v) is 4.81. The van der Waals surface area contributed by atoms with E-state index in [0.717, 1.165) is 35.5 Å². The third-order valence-corrected chi connectivity index (χ3v) is 2.20. The second kappa shape index (κ2) is 4.89. The number of hydrogen-bond donors (Lipinski definition) is 0. The van der Waals surface area contributed by atoms with Crippen molar-refractivity contribution in [1.82, 2.24) is 0 Å². The van der Waals surface area contributed by atoms with Crippen LogP contribution in [0, 0.1) is 6.57 Å². The smallest absolute Gasteiger partial charge is 0.190 e. The van der Waals surface area contributed by atoms with E-state index in [4.69, 9.17) is 18.2 Å². The summed E-state index contributed by atoms with van der Waals surface area (Å²) in [5, 5.41) is 0.721. The van der Waals surface area contributed by atoms with E-state index in [9.17, 15) is 0 Å². The molecule has 1 aromatic rings. The second-order valence-corrected chi connectivity index (χ2v) is 3.42. The minimum absolute atomic E-state index is 0.721. The van der Waals surface area contributed by atoms with E-state index in [-0.39, 0.29) is 0 Å². The van der Waals surface area contributed by atoms with Crippen molar-refractivity contribution in [1.29, 1.82) is 0 Å². The maximum absolute atomic E-state index is 6.97. The molecule has 0 N–H and O–H groups in total. The van der Waals surface area contributed by atoms with Crippen LogP contribution in [0.3, 0.4) is 0 Å². The van der Waals surface area contributed by atoms with Gasteiger partial charge in [0.15, 0.2) is 5.69 Å². The van der Waals surface area contributed by atoms with Crippen LogP contribution in [0.4, 0.5) is 5.69 Å². The molecule has 0 heterocycles. The van der Waals surface area contributed by atoms with E-state index in [1.807, 2.05) is 6.07 Å². The van der Waals surface area contributed by atoms with Gasteiger partial charge in [0.1, 0.15) is 0 Å². The number of unbranched alkanes of at least 4 members (excludes halogenated alkanes) is 1. The molecule has 0 bridgehead atoms. The molecule has 0 aromatic heterocycles. The Hall–Kier alpha value is -1.00. The molecule has 0 aliphatic carbocycles. The molecule has 0 spiro atoms. The van der Waals surface area contributed by atoms with E-state index in [1.165, 1.54) is 0 Å². The molecule has 0 aliphatic rings. The molecule has 0 atom stereocenters. The van der Waals surface area contributed by atoms with Crippen molar-refractivity contribution in [3.63, 3.8) is 0 Å². The number of hydrogen-bond acceptors (Lipinski definition) is 0. The van der Waals surface area contributed by atoms with Gasteiger partial charge in [-0.05, 0) is 12.0 Å². The van der Waals surface area contributed by atoms with Crippen molar-refractivity contribution in [2.45, 2.75) is 26.2 Å². The third kappa shape index (κ3) is 2.75. The summed E-state index contributed by atoms with van der Waals surface area (Å²) < 4.78 is 0.